The summed E-state index contributed by atoms with van der Waals surface area (Å²) in [5, 5.41) is 23.0. The Kier molecular flexibility index (Phi) is 7.57. The third-order valence-corrected chi connectivity index (χ3v) is 4.96. The van der Waals surface area contributed by atoms with Gasteiger partial charge in [-0.15, -0.1) is 0 Å². The Hall–Kier alpha value is -3.11. The molecule has 29 heavy (non-hydrogen) atoms. The molecule has 1 fully saturated rings. The highest BCUT2D eigenvalue weighted by Crippen LogP contribution is 2.32. The lowest BCUT2D eigenvalue weighted by Crippen LogP contribution is -2.24. The number of aliphatic imine (C=N–C) groups is 1. The molecule has 0 spiro atoms. The molecule has 1 aromatic rings. The maximum absolute atomic E-state index is 11.7. The molecule has 5 N–H and O–H groups in total. The molecular formula is C22H29N5O2. The lowest BCUT2D eigenvalue weighted by Gasteiger charge is -2.13. The number of nitriles is 1. The number of allylic oxidation sites excluding steroid dienone is 1. The normalized spacial score (nSPS) is 21.6. The van der Waals surface area contributed by atoms with Crippen molar-refractivity contribution in [1.29, 1.82) is 5.26 Å². The van der Waals surface area contributed by atoms with E-state index in [1.165, 1.54) is 12.8 Å². The van der Waals surface area contributed by atoms with Gasteiger partial charge < -0.3 is 21.5 Å². The van der Waals surface area contributed by atoms with Crippen molar-refractivity contribution < 1.29 is 9.90 Å². The summed E-state index contributed by atoms with van der Waals surface area (Å²) in [4.78, 5) is 16.2. The molecule has 0 bridgehead atoms. The summed E-state index contributed by atoms with van der Waals surface area (Å²) in [6.45, 7) is 6.16. The number of nitrogens with one attached hydrogen (secondary N) is 2. The Morgan fingerprint density at radius 2 is 2.07 bits per heavy atom. The second-order valence-corrected chi connectivity index (χ2v) is 7.69. The van der Waals surface area contributed by atoms with Crippen LogP contribution in [0.15, 0.2) is 46.7 Å². The van der Waals surface area contributed by atoms with Crippen LogP contribution in [-0.2, 0) is 17.6 Å². The van der Waals surface area contributed by atoms with E-state index < -0.39 is 5.60 Å². The van der Waals surface area contributed by atoms with Crippen molar-refractivity contribution in [3.63, 3.8) is 0 Å². The van der Waals surface area contributed by atoms with Crippen molar-refractivity contribution in [2.75, 3.05) is 13.6 Å². The third kappa shape index (κ3) is 6.19. The van der Waals surface area contributed by atoms with Crippen molar-refractivity contribution in [3.05, 3.63) is 52.9 Å². The van der Waals surface area contributed by atoms with Crippen LogP contribution in [0.1, 0.15) is 30.9 Å². The summed E-state index contributed by atoms with van der Waals surface area (Å²) in [5.41, 5.74) is 9.36. The van der Waals surface area contributed by atoms with Gasteiger partial charge in [0, 0.05) is 38.7 Å². The molecule has 0 radical (unpaired) electrons. The molecule has 0 amide bonds. The van der Waals surface area contributed by atoms with Crippen LogP contribution < -0.4 is 16.4 Å². The summed E-state index contributed by atoms with van der Waals surface area (Å²) in [6, 6.07) is 5.78. The predicted molar refractivity (Wildman–Crippen MR) is 114 cm³/mol. The lowest BCUT2D eigenvalue weighted by atomic mass is 10.0. The number of amidine groups is 1. The molecule has 0 saturated heterocycles. The number of nitrogens with two attached hydrogens (primary N) is 1. The molecule has 1 atom stereocenters. The Morgan fingerprint density at radius 1 is 1.38 bits per heavy atom. The largest absolute Gasteiger partial charge is 0.394 e. The standard InChI is InChI=1S/C21H28N4O2.CHN/c1-21(27)10-15-5-6-17(9-16(15)11-21)25-20(22)18(13-26)19(7-8-23-2)24-12-14-3-4-14;1-2/h5-9,13-14,23-24,27H,3-4,10-12H2,1-2H3,(H2,22,25);1H/b8-7-,19-18-;. The average Bonchev–Trinajstić information content (AvgIpc) is 3.46. The van der Waals surface area contributed by atoms with Gasteiger partial charge in [0.15, 0.2) is 6.29 Å². The average molecular weight is 396 g/mol. The van der Waals surface area contributed by atoms with E-state index in [0.717, 1.165) is 24.0 Å². The van der Waals surface area contributed by atoms with Crippen LogP contribution in [0.5, 0.6) is 0 Å². The highest BCUT2D eigenvalue weighted by Gasteiger charge is 2.30. The van der Waals surface area contributed by atoms with Crippen molar-refractivity contribution in [2.24, 2.45) is 16.6 Å². The highest BCUT2D eigenvalue weighted by atomic mass is 16.3. The second kappa shape index (κ2) is 9.89. The van der Waals surface area contributed by atoms with Gasteiger partial charge in [0.05, 0.1) is 16.9 Å². The van der Waals surface area contributed by atoms with Crippen molar-refractivity contribution >= 4 is 17.8 Å². The van der Waals surface area contributed by atoms with Crippen LogP contribution in [0.25, 0.3) is 0 Å². The van der Waals surface area contributed by atoms with Gasteiger partial charge in [-0.25, -0.2) is 10.3 Å². The van der Waals surface area contributed by atoms with Gasteiger partial charge in [-0.05, 0) is 61.2 Å². The van der Waals surface area contributed by atoms with Gasteiger partial charge in [0.25, 0.3) is 0 Å². The van der Waals surface area contributed by atoms with E-state index in [0.29, 0.717) is 35.7 Å². The predicted octanol–water partition coefficient (Wildman–Crippen LogP) is 1.85. The number of benzene rings is 1. The Morgan fingerprint density at radius 3 is 2.69 bits per heavy atom. The van der Waals surface area contributed by atoms with Gasteiger partial charge in [-0.1, -0.05) is 6.07 Å². The van der Waals surface area contributed by atoms with Crippen LogP contribution in [-0.4, -0.2) is 36.4 Å². The molecule has 0 aromatic heterocycles. The van der Waals surface area contributed by atoms with Gasteiger partial charge >= 0.3 is 0 Å². The van der Waals surface area contributed by atoms with Crippen LogP contribution in [0.3, 0.4) is 0 Å². The molecular weight excluding hydrogens is 366 g/mol. The Bertz CT molecular complexity index is 848. The lowest BCUT2D eigenvalue weighted by molar-refractivity contribution is -0.104. The summed E-state index contributed by atoms with van der Waals surface area (Å²) in [5.74, 6) is 0.840. The third-order valence-electron chi connectivity index (χ3n) is 4.96. The molecule has 1 saturated carbocycles. The van der Waals surface area contributed by atoms with Crippen LogP contribution >= 0.6 is 0 Å². The second-order valence-electron chi connectivity index (χ2n) is 7.69. The molecule has 7 heteroatoms. The van der Waals surface area contributed by atoms with E-state index in [1.807, 2.05) is 25.1 Å². The van der Waals surface area contributed by atoms with E-state index >= 15 is 0 Å². The zero-order valence-corrected chi connectivity index (χ0v) is 17.0. The first-order chi connectivity index (χ1) is 13.9. The van der Waals surface area contributed by atoms with Crippen molar-refractivity contribution in [2.45, 2.75) is 38.2 Å². The number of carbonyl (C=O) groups is 1. The van der Waals surface area contributed by atoms with Crippen LogP contribution in [0, 0.1) is 17.8 Å². The van der Waals surface area contributed by atoms with E-state index in [2.05, 4.69) is 22.2 Å². The van der Waals surface area contributed by atoms with E-state index in [4.69, 9.17) is 11.0 Å². The van der Waals surface area contributed by atoms with Crippen molar-refractivity contribution in [1.82, 2.24) is 10.6 Å². The number of aliphatic hydroxyl groups is 1. The van der Waals surface area contributed by atoms with Gasteiger partial charge in [-0.3, -0.25) is 4.79 Å². The zero-order valence-electron chi connectivity index (χ0n) is 17.0. The molecule has 0 heterocycles. The molecule has 7 nitrogen and oxygen atoms in total. The quantitative estimate of drug-likeness (QED) is 0.175. The van der Waals surface area contributed by atoms with E-state index in [-0.39, 0.29) is 5.84 Å². The summed E-state index contributed by atoms with van der Waals surface area (Å²) in [6.07, 6.45) is 7.97. The first-order valence-electron chi connectivity index (χ1n) is 9.63. The summed E-state index contributed by atoms with van der Waals surface area (Å²) < 4.78 is 0. The maximum Gasteiger partial charge on any atom is 0.155 e. The molecule has 2 aliphatic carbocycles. The minimum Gasteiger partial charge on any atom is -0.394 e. The number of nitrogens with zero attached hydrogens (tertiary/aromatic N) is 2. The van der Waals surface area contributed by atoms with Gasteiger partial charge in [0.2, 0.25) is 0 Å². The van der Waals surface area contributed by atoms with Crippen molar-refractivity contribution in [3.8, 4) is 6.57 Å². The number of hydrogen-bond acceptors (Lipinski definition) is 6. The zero-order chi connectivity index (χ0) is 21.4. The molecule has 0 aliphatic heterocycles. The SMILES string of the molecule is C#N.CN/C=C\C(NCC1CC1)=C(/C=O)C(N)=Nc1ccc2c(c1)CC(C)(O)C2. The Balaban J connectivity index is 0.00000145. The molecule has 3 rings (SSSR count). The number of hydrogen-bond donors (Lipinski definition) is 4. The van der Waals surface area contributed by atoms with Crippen LogP contribution in [0.2, 0.25) is 0 Å². The molecule has 1 aromatic carbocycles. The summed E-state index contributed by atoms with van der Waals surface area (Å²) in [7, 11) is 1.80. The fraction of sp³-hybridized carbons (Fsp3) is 0.409. The number of rotatable bonds is 8. The minimum absolute atomic E-state index is 0.175. The minimum atomic E-state index is -0.706. The van der Waals surface area contributed by atoms with Crippen LogP contribution in [0.4, 0.5) is 5.69 Å². The van der Waals surface area contributed by atoms with Gasteiger partial charge in [-0.2, -0.15) is 0 Å². The number of fused-ring (bicyclic) bond motifs is 1. The van der Waals surface area contributed by atoms with Gasteiger partial charge in [0.1, 0.15) is 5.84 Å². The first kappa shape index (κ1) is 22.2. The summed E-state index contributed by atoms with van der Waals surface area (Å²) >= 11 is 0. The number of aldehydes is 1. The smallest absolute Gasteiger partial charge is 0.155 e. The van der Waals surface area contributed by atoms with E-state index in [9.17, 15) is 9.90 Å². The van der Waals surface area contributed by atoms with E-state index in [1.54, 1.807) is 19.3 Å². The Labute approximate surface area is 172 Å². The fourth-order valence-electron chi connectivity index (χ4n) is 3.35. The first-order valence-corrected chi connectivity index (χ1v) is 9.63. The monoisotopic (exact) mass is 395 g/mol. The fourth-order valence-corrected chi connectivity index (χ4v) is 3.35. The molecule has 1 unspecified atom stereocenters. The molecule has 154 valence electrons. The number of carbonyl (C=O) groups excluding carboxylic acids is 1. The highest BCUT2D eigenvalue weighted by molar-refractivity contribution is 6.14. The maximum atomic E-state index is 11.7. The topological polar surface area (TPSA) is 124 Å². The molecule has 2 aliphatic rings.